The lowest BCUT2D eigenvalue weighted by Gasteiger charge is -2.09. The molecule has 8 aromatic rings. The van der Waals surface area contributed by atoms with Gasteiger partial charge in [0.25, 0.3) is 0 Å². The first-order valence-corrected chi connectivity index (χ1v) is 22.3. The Labute approximate surface area is 403 Å². The van der Waals surface area contributed by atoms with Crippen LogP contribution in [0.15, 0.2) is 170 Å². The van der Waals surface area contributed by atoms with Crippen molar-refractivity contribution >= 4 is 0 Å². The van der Waals surface area contributed by atoms with Crippen molar-refractivity contribution in [1.29, 1.82) is 0 Å². The summed E-state index contributed by atoms with van der Waals surface area (Å²) < 4.78 is 69.7. The van der Waals surface area contributed by atoms with Gasteiger partial charge in [0.05, 0.1) is 0 Å². The third kappa shape index (κ3) is 13.7. The first kappa shape index (κ1) is 38.9. The lowest BCUT2D eigenvalue weighted by Crippen LogP contribution is -2.30. The van der Waals surface area contributed by atoms with Crippen LogP contribution < -0.4 is 18.3 Å². The van der Waals surface area contributed by atoms with Gasteiger partial charge in [-0.15, -0.1) is 0 Å². The molecule has 4 aromatic heterocycles. The van der Waals surface area contributed by atoms with E-state index in [4.69, 9.17) is 11.0 Å². The summed E-state index contributed by atoms with van der Waals surface area (Å²) in [5, 5.41) is 0. The molecule has 4 heteroatoms. The van der Waals surface area contributed by atoms with Crippen LogP contribution >= 0.6 is 0 Å². The number of aryl methyl sites for hydroxylation is 10. The standard InChI is InChI=1S/C17H22N.C16H20N.2C14H16N/c1-13(2)11-15-8-9-16(14(3)12-15)17-7-5-6-10-18(17)4;1-12(2)14-8-9-15(13(3)11-14)16-7-5-6-10-17(16)4;2*1-11-7-8-12(2)13(10-11)14-6-4-5-9-15(14)3/h5-10,12-13H,11H2,1-4H3;5-12H,1-4H3;2*4-10H,1-3H3/q4*+1/i1D3,13D;1D3,12D;;. The summed E-state index contributed by atoms with van der Waals surface area (Å²) >= 11 is 0. The highest BCUT2D eigenvalue weighted by Gasteiger charge is 2.15. The van der Waals surface area contributed by atoms with Gasteiger partial charge in [-0.1, -0.05) is 87.2 Å². The molecule has 0 N–H and O–H groups in total. The van der Waals surface area contributed by atoms with Crippen LogP contribution in [0.5, 0.6) is 0 Å². The van der Waals surface area contributed by atoms with Crippen LogP contribution in [0.25, 0.3) is 45.0 Å². The molecule has 4 aromatic carbocycles. The van der Waals surface area contributed by atoms with E-state index in [1.165, 1.54) is 58.6 Å². The number of hydrogen-bond donors (Lipinski definition) is 0. The largest absolute Gasteiger partial charge is 0.212 e. The summed E-state index contributed by atoms with van der Waals surface area (Å²) in [6, 6.07) is 49.1. The molecule has 0 saturated carbocycles. The molecule has 334 valence electrons. The third-order valence-electron chi connectivity index (χ3n) is 11.5. The molecule has 0 aliphatic carbocycles. The van der Waals surface area contributed by atoms with Gasteiger partial charge in [-0.05, 0) is 142 Å². The Bertz CT molecular complexity index is 3060. The highest BCUT2D eigenvalue weighted by Crippen LogP contribution is 2.26. The third-order valence-corrected chi connectivity index (χ3v) is 11.5. The van der Waals surface area contributed by atoms with Gasteiger partial charge >= 0.3 is 0 Å². The maximum Gasteiger partial charge on any atom is 0.212 e. The van der Waals surface area contributed by atoms with Gasteiger partial charge in [-0.2, -0.15) is 0 Å². The minimum atomic E-state index is -2.35. The lowest BCUT2D eigenvalue weighted by molar-refractivity contribution is -0.660. The van der Waals surface area contributed by atoms with Crippen molar-refractivity contribution < 1.29 is 29.2 Å². The van der Waals surface area contributed by atoms with E-state index in [-0.39, 0.29) is 6.42 Å². The van der Waals surface area contributed by atoms with E-state index in [9.17, 15) is 0 Å². The maximum absolute atomic E-state index is 8.17. The molecule has 0 saturated heterocycles. The van der Waals surface area contributed by atoms with Crippen LogP contribution in [0.3, 0.4) is 0 Å². The van der Waals surface area contributed by atoms with Crippen LogP contribution in [0, 0.1) is 47.4 Å². The fourth-order valence-electron chi connectivity index (χ4n) is 7.85. The lowest BCUT2D eigenvalue weighted by atomic mass is 9.96. The zero-order chi connectivity index (χ0) is 54.1. The number of rotatable bonds is 7. The Hall–Kier alpha value is -6.52. The number of benzene rings is 4. The Kier molecular flexibility index (Phi) is 14.0. The van der Waals surface area contributed by atoms with Crippen molar-refractivity contribution in [2.75, 3.05) is 0 Å². The van der Waals surface area contributed by atoms with Crippen molar-refractivity contribution in [2.24, 2.45) is 34.1 Å². The monoisotopic (exact) mass is 871 g/mol. The topological polar surface area (TPSA) is 15.5 Å². The summed E-state index contributed by atoms with van der Waals surface area (Å²) in [5.74, 6) is -3.08. The van der Waals surface area contributed by atoms with E-state index < -0.39 is 25.5 Å². The number of pyridine rings is 4. The molecule has 8 rings (SSSR count). The van der Waals surface area contributed by atoms with Crippen molar-refractivity contribution in [3.8, 4) is 45.0 Å². The smallest absolute Gasteiger partial charge is 0.201 e. The molecule has 2 unspecified atom stereocenters. The minimum Gasteiger partial charge on any atom is -0.201 e. The van der Waals surface area contributed by atoms with Crippen LogP contribution in [0.4, 0.5) is 0 Å². The Morgan fingerprint density at radius 2 is 0.815 bits per heavy atom. The predicted octanol–water partition coefficient (Wildman–Crippen LogP) is 12.9. The molecule has 0 bridgehead atoms. The van der Waals surface area contributed by atoms with E-state index >= 15 is 0 Å². The number of nitrogens with zero attached hydrogens (tertiary/aromatic N) is 4. The average Bonchev–Trinajstić information content (AvgIpc) is 3.31. The van der Waals surface area contributed by atoms with Crippen molar-refractivity contribution in [3.05, 3.63) is 215 Å². The van der Waals surface area contributed by atoms with Gasteiger partial charge in [0.1, 0.15) is 28.2 Å². The van der Waals surface area contributed by atoms with E-state index in [0.717, 1.165) is 39.2 Å². The van der Waals surface area contributed by atoms with Crippen LogP contribution in [-0.4, -0.2) is 0 Å². The molecule has 0 fully saturated rings. The second-order valence-electron chi connectivity index (χ2n) is 17.2. The first-order valence-electron chi connectivity index (χ1n) is 26.3. The highest BCUT2D eigenvalue weighted by molar-refractivity contribution is 5.64. The van der Waals surface area contributed by atoms with Crippen molar-refractivity contribution in [2.45, 2.75) is 81.4 Å². The van der Waals surface area contributed by atoms with Gasteiger partial charge in [0, 0.05) is 81.8 Å². The molecule has 0 spiro atoms. The molecular formula is C61H74N4+4. The van der Waals surface area contributed by atoms with E-state index in [1.807, 2.05) is 106 Å². The van der Waals surface area contributed by atoms with E-state index in [0.29, 0.717) is 5.56 Å². The SMILES string of the molecule is Cc1ccc(C)c(-c2cccc[n+]2C)c1.Cc1ccc(C)c(-c2cccc[n+]2C)c1.[2H]C([2H])([2H])C([2H])(C)Cc1ccc(-c2cccc[n+]2C)c(C)c1.[2H]C([2H])([2H])C([2H])(C)c1ccc(-c2cccc[n+]2C)c(C)c1. The normalized spacial score (nSPS) is 14.6. The van der Waals surface area contributed by atoms with Crippen LogP contribution in [-0.2, 0) is 34.6 Å². The van der Waals surface area contributed by atoms with Crippen LogP contribution in [0.1, 0.15) is 88.9 Å². The maximum atomic E-state index is 8.17. The highest BCUT2D eigenvalue weighted by atomic mass is 14.9. The first-order chi connectivity index (χ1) is 34.1. The molecule has 2 atom stereocenters. The average molecular weight is 871 g/mol. The zero-order valence-corrected chi connectivity index (χ0v) is 40.7. The molecule has 65 heavy (non-hydrogen) atoms. The van der Waals surface area contributed by atoms with Gasteiger partial charge < -0.3 is 0 Å². The second kappa shape index (κ2) is 23.4. The molecule has 4 heterocycles. The summed E-state index contributed by atoms with van der Waals surface area (Å²) in [6.45, 7) is 10.8. The minimum absolute atomic E-state index is 0.214. The summed E-state index contributed by atoms with van der Waals surface area (Å²) in [5.41, 5.74) is 18.2. The van der Waals surface area contributed by atoms with Crippen LogP contribution in [0.2, 0.25) is 0 Å². The predicted molar refractivity (Wildman–Crippen MR) is 273 cm³/mol. The van der Waals surface area contributed by atoms with Crippen molar-refractivity contribution in [1.82, 2.24) is 0 Å². The van der Waals surface area contributed by atoms with Gasteiger partial charge in [0.2, 0.25) is 22.8 Å². The van der Waals surface area contributed by atoms with Gasteiger partial charge in [-0.25, -0.2) is 18.3 Å². The van der Waals surface area contributed by atoms with E-state index in [2.05, 4.69) is 147 Å². The molecule has 0 aliphatic heterocycles. The fourth-order valence-corrected chi connectivity index (χ4v) is 7.85. The molecule has 0 amide bonds. The van der Waals surface area contributed by atoms with E-state index in [1.54, 1.807) is 6.07 Å². The summed E-state index contributed by atoms with van der Waals surface area (Å²) in [6.07, 6.45) is 8.34. The molecular weight excluding hydrogens is 789 g/mol. The Morgan fingerprint density at radius 3 is 1.18 bits per heavy atom. The Morgan fingerprint density at radius 1 is 0.415 bits per heavy atom. The second-order valence-corrected chi connectivity index (χ2v) is 17.2. The summed E-state index contributed by atoms with van der Waals surface area (Å²) in [4.78, 5) is 0. The molecule has 0 aliphatic rings. The fraction of sp³-hybridized carbons (Fsp3) is 0.279. The van der Waals surface area contributed by atoms with Crippen molar-refractivity contribution in [3.63, 3.8) is 0 Å². The van der Waals surface area contributed by atoms with Gasteiger partial charge in [0.15, 0.2) is 24.8 Å². The Balaban J connectivity index is 0.000000183. The number of aromatic nitrogens is 4. The molecule has 0 radical (unpaired) electrons. The number of hydrogen-bond acceptors (Lipinski definition) is 0. The summed E-state index contributed by atoms with van der Waals surface area (Å²) in [7, 11) is 8.13. The zero-order valence-electron chi connectivity index (χ0n) is 48.7. The molecule has 4 nitrogen and oxygen atoms in total. The van der Waals surface area contributed by atoms with Gasteiger partial charge in [-0.3, -0.25) is 0 Å². The quantitative estimate of drug-likeness (QED) is 0.142.